The van der Waals surface area contributed by atoms with Gasteiger partial charge in [0, 0.05) is 5.39 Å². The molecule has 29 heavy (non-hydrogen) atoms. The summed E-state index contributed by atoms with van der Waals surface area (Å²) in [6, 6.07) is 15.4. The van der Waals surface area contributed by atoms with Crippen LogP contribution in [0.5, 0.6) is 0 Å². The van der Waals surface area contributed by atoms with Gasteiger partial charge in [-0.3, -0.25) is 5.01 Å². The number of nitrogens with two attached hydrogens (primary N) is 1. The van der Waals surface area contributed by atoms with Crippen molar-refractivity contribution >= 4 is 34.0 Å². The van der Waals surface area contributed by atoms with Crippen molar-refractivity contribution in [2.45, 2.75) is 19.4 Å². The van der Waals surface area contributed by atoms with Crippen LogP contribution >= 0.6 is 11.3 Å². The van der Waals surface area contributed by atoms with Gasteiger partial charge in [-0.15, -0.1) is 0 Å². The first-order chi connectivity index (χ1) is 14.1. The van der Waals surface area contributed by atoms with Crippen LogP contribution in [0.1, 0.15) is 35.3 Å². The molecule has 2 aromatic carbocycles. The van der Waals surface area contributed by atoms with Gasteiger partial charge in [-0.05, 0) is 52.1 Å². The van der Waals surface area contributed by atoms with Crippen LogP contribution in [-0.4, -0.2) is 21.0 Å². The first kappa shape index (κ1) is 19.0. The van der Waals surface area contributed by atoms with Crippen LogP contribution in [0.2, 0.25) is 0 Å². The van der Waals surface area contributed by atoms with Gasteiger partial charge in [-0.25, -0.2) is 20.6 Å². The lowest BCUT2D eigenvalue weighted by atomic mass is 10.0. The summed E-state index contributed by atoms with van der Waals surface area (Å²) in [5.41, 5.74) is 3.33. The molecule has 7 heteroatoms. The molecule has 0 radical (unpaired) electrons. The topological polar surface area (TPSA) is 92.3 Å². The summed E-state index contributed by atoms with van der Waals surface area (Å²) in [5, 5.41) is 15.9. The zero-order valence-electron chi connectivity index (χ0n) is 15.8. The lowest BCUT2D eigenvalue weighted by molar-refractivity contribution is 0.0699. The monoisotopic (exact) mass is 404 g/mol. The van der Waals surface area contributed by atoms with E-state index in [4.69, 9.17) is 5.84 Å². The molecule has 146 valence electrons. The Morgan fingerprint density at radius 2 is 1.97 bits per heavy atom. The molecule has 0 bridgehead atoms. The third-order valence-corrected chi connectivity index (χ3v) is 5.64. The quantitative estimate of drug-likeness (QED) is 0.351. The first-order valence-electron chi connectivity index (χ1n) is 9.23. The van der Waals surface area contributed by atoms with Crippen molar-refractivity contribution in [3.05, 3.63) is 76.7 Å². The van der Waals surface area contributed by atoms with E-state index in [2.05, 4.69) is 16.9 Å². The number of nitrogens with zero attached hydrogens (tertiary/aromatic N) is 3. The molecule has 1 atom stereocenters. The predicted molar refractivity (Wildman–Crippen MR) is 116 cm³/mol. The van der Waals surface area contributed by atoms with Crippen molar-refractivity contribution in [1.29, 1.82) is 0 Å². The number of fused-ring (bicyclic) bond motifs is 1. The van der Waals surface area contributed by atoms with Crippen molar-refractivity contribution in [2.24, 2.45) is 5.84 Å². The summed E-state index contributed by atoms with van der Waals surface area (Å²) < 4.78 is 0. The highest BCUT2D eigenvalue weighted by Crippen LogP contribution is 2.34. The average molecular weight is 404 g/mol. The minimum Gasteiger partial charge on any atom is -0.478 e. The summed E-state index contributed by atoms with van der Waals surface area (Å²) >= 11 is 1.56. The Morgan fingerprint density at radius 3 is 2.62 bits per heavy atom. The van der Waals surface area contributed by atoms with Crippen molar-refractivity contribution in [2.75, 3.05) is 5.01 Å². The molecule has 6 nitrogen and oxygen atoms in total. The zero-order chi connectivity index (χ0) is 20.4. The largest absolute Gasteiger partial charge is 0.478 e. The van der Waals surface area contributed by atoms with Gasteiger partial charge in [0.1, 0.15) is 6.33 Å². The number of aromatic nitrogens is 2. The number of benzene rings is 2. The number of thiophene rings is 1. The fourth-order valence-corrected chi connectivity index (χ4v) is 4.20. The maximum absolute atomic E-state index is 11.9. The maximum Gasteiger partial charge on any atom is 0.337 e. The Kier molecular flexibility index (Phi) is 5.24. The van der Waals surface area contributed by atoms with Gasteiger partial charge in [0.2, 0.25) is 0 Å². The van der Waals surface area contributed by atoms with Crippen molar-refractivity contribution in [1.82, 2.24) is 9.97 Å². The number of carboxylic acids is 1. The molecule has 0 saturated heterocycles. The van der Waals surface area contributed by atoms with E-state index in [-0.39, 0.29) is 11.6 Å². The molecule has 0 fully saturated rings. The number of hydrogen-bond acceptors (Lipinski definition) is 6. The molecule has 0 spiro atoms. The Bertz CT molecular complexity index is 1150. The molecule has 0 aliphatic rings. The SMILES string of the molecule is CCC(c1ccccc1)N(N)c1ncnc2c(C(=O)O)cc(-c3ccsc3)cc12. The molecular weight excluding hydrogens is 384 g/mol. The van der Waals surface area contributed by atoms with E-state index >= 15 is 0 Å². The van der Waals surface area contributed by atoms with Gasteiger partial charge in [0.05, 0.1) is 17.1 Å². The second kappa shape index (κ2) is 7.98. The molecule has 1 unspecified atom stereocenters. The van der Waals surface area contributed by atoms with Gasteiger partial charge >= 0.3 is 5.97 Å². The smallest absolute Gasteiger partial charge is 0.337 e. The first-order valence-corrected chi connectivity index (χ1v) is 10.2. The number of hydrazine groups is 1. The number of aromatic carboxylic acids is 1. The van der Waals surface area contributed by atoms with Crippen LogP contribution < -0.4 is 10.9 Å². The third kappa shape index (κ3) is 3.57. The van der Waals surface area contributed by atoms with Crippen LogP contribution in [0, 0.1) is 0 Å². The van der Waals surface area contributed by atoms with E-state index in [1.54, 1.807) is 22.4 Å². The molecule has 4 aromatic rings. The maximum atomic E-state index is 11.9. The van der Waals surface area contributed by atoms with E-state index in [0.29, 0.717) is 16.7 Å². The van der Waals surface area contributed by atoms with Crippen molar-refractivity contribution in [3.63, 3.8) is 0 Å². The van der Waals surface area contributed by atoms with Gasteiger partial charge in [-0.1, -0.05) is 37.3 Å². The number of carboxylic acid groups (broad SMARTS) is 1. The van der Waals surface area contributed by atoms with E-state index in [0.717, 1.165) is 23.1 Å². The summed E-state index contributed by atoms with van der Waals surface area (Å²) in [6.45, 7) is 2.06. The fraction of sp³-hybridized carbons (Fsp3) is 0.136. The normalized spacial score (nSPS) is 12.1. The number of carbonyl (C=O) groups is 1. The van der Waals surface area contributed by atoms with E-state index in [9.17, 15) is 9.90 Å². The highest BCUT2D eigenvalue weighted by molar-refractivity contribution is 7.08. The average Bonchev–Trinajstić information content (AvgIpc) is 3.28. The van der Waals surface area contributed by atoms with E-state index in [1.807, 2.05) is 53.2 Å². The Balaban J connectivity index is 1.91. The molecule has 2 aromatic heterocycles. The van der Waals surface area contributed by atoms with E-state index in [1.165, 1.54) is 6.33 Å². The molecule has 0 saturated carbocycles. The Hall–Kier alpha value is -3.29. The number of rotatable bonds is 6. The molecule has 0 aliphatic carbocycles. The van der Waals surface area contributed by atoms with Crippen molar-refractivity contribution < 1.29 is 9.90 Å². The molecule has 2 heterocycles. The third-order valence-electron chi connectivity index (χ3n) is 4.95. The van der Waals surface area contributed by atoms with Crippen LogP contribution in [0.25, 0.3) is 22.0 Å². The molecule has 3 N–H and O–H groups in total. The fourth-order valence-electron chi connectivity index (χ4n) is 3.53. The number of anilines is 1. The van der Waals surface area contributed by atoms with E-state index < -0.39 is 5.97 Å². The summed E-state index contributed by atoms with van der Waals surface area (Å²) in [7, 11) is 0. The van der Waals surface area contributed by atoms with Crippen LogP contribution in [0.15, 0.2) is 65.6 Å². The number of hydrogen-bond donors (Lipinski definition) is 2. The zero-order valence-corrected chi connectivity index (χ0v) is 16.6. The minimum atomic E-state index is -1.03. The van der Waals surface area contributed by atoms with Crippen molar-refractivity contribution in [3.8, 4) is 11.1 Å². The molecule has 0 aliphatic heterocycles. The summed E-state index contributed by atoms with van der Waals surface area (Å²) in [6.07, 6.45) is 2.13. The second-order valence-corrected chi connectivity index (χ2v) is 7.46. The standard InChI is InChI=1S/C22H20N4O2S/c1-2-19(14-6-4-3-5-7-14)26(23)21-17-10-16(15-8-9-29-12-15)11-18(22(27)28)20(17)24-13-25-21/h3-13,19H,2,23H2,1H3,(H,27,28). The summed E-state index contributed by atoms with van der Waals surface area (Å²) in [4.78, 5) is 20.6. The molecule has 4 rings (SSSR count). The van der Waals surface area contributed by atoms with Gasteiger partial charge in [-0.2, -0.15) is 11.3 Å². The Morgan fingerprint density at radius 1 is 1.17 bits per heavy atom. The van der Waals surface area contributed by atoms with Crippen LogP contribution in [0.3, 0.4) is 0 Å². The highest BCUT2D eigenvalue weighted by Gasteiger charge is 2.22. The van der Waals surface area contributed by atoms with Gasteiger partial charge in [0.15, 0.2) is 5.82 Å². The summed E-state index contributed by atoms with van der Waals surface area (Å²) in [5.74, 6) is 6.01. The second-order valence-electron chi connectivity index (χ2n) is 6.68. The minimum absolute atomic E-state index is 0.104. The molecule has 0 amide bonds. The van der Waals surface area contributed by atoms with Gasteiger partial charge < -0.3 is 5.11 Å². The lowest BCUT2D eigenvalue weighted by Crippen LogP contribution is -2.36. The molecular formula is C22H20N4O2S. The lowest BCUT2D eigenvalue weighted by Gasteiger charge is -2.28. The van der Waals surface area contributed by atoms with Crippen LogP contribution in [0.4, 0.5) is 5.82 Å². The Labute approximate surface area is 172 Å². The van der Waals surface area contributed by atoms with Gasteiger partial charge in [0.25, 0.3) is 0 Å². The van der Waals surface area contributed by atoms with Crippen LogP contribution in [-0.2, 0) is 0 Å². The highest BCUT2D eigenvalue weighted by atomic mass is 32.1. The predicted octanol–water partition coefficient (Wildman–Crippen LogP) is 4.89.